The molecule has 0 amide bonds. The third-order valence-electron chi connectivity index (χ3n) is 6.00. The van der Waals surface area contributed by atoms with E-state index in [4.69, 9.17) is 10.5 Å². The van der Waals surface area contributed by atoms with Gasteiger partial charge in [-0.1, -0.05) is 36.4 Å². The van der Waals surface area contributed by atoms with Crippen LogP contribution >= 0.6 is 0 Å². The number of anilines is 2. The molecular formula is C28H23N7O2. The summed E-state index contributed by atoms with van der Waals surface area (Å²) in [5.41, 5.74) is 8.99. The van der Waals surface area contributed by atoms with Gasteiger partial charge in [0.15, 0.2) is 0 Å². The lowest BCUT2D eigenvalue weighted by atomic mass is 9.99. The number of pyridine rings is 2. The van der Waals surface area contributed by atoms with Gasteiger partial charge < -0.3 is 15.8 Å². The summed E-state index contributed by atoms with van der Waals surface area (Å²) in [7, 11) is 1.59. The molecule has 9 nitrogen and oxygen atoms in total. The highest BCUT2D eigenvalue weighted by Crippen LogP contribution is 2.29. The van der Waals surface area contributed by atoms with Crippen LogP contribution in [0.1, 0.15) is 11.3 Å². The van der Waals surface area contributed by atoms with Crippen molar-refractivity contribution in [1.82, 2.24) is 19.5 Å². The summed E-state index contributed by atoms with van der Waals surface area (Å²) in [5.74, 6) is 1.05. The average molecular weight is 490 g/mol. The van der Waals surface area contributed by atoms with Gasteiger partial charge in [0.05, 0.1) is 24.9 Å². The second-order valence-corrected chi connectivity index (χ2v) is 8.27. The Morgan fingerprint density at radius 2 is 1.92 bits per heavy atom. The van der Waals surface area contributed by atoms with Crippen LogP contribution in [0.5, 0.6) is 5.75 Å². The van der Waals surface area contributed by atoms with Crippen LogP contribution in [0.4, 0.5) is 11.8 Å². The van der Waals surface area contributed by atoms with Crippen LogP contribution in [-0.2, 0) is 6.42 Å². The van der Waals surface area contributed by atoms with Crippen molar-refractivity contribution in [2.45, 2.75) is 6.42 Å². The predicted molar refractivity (Wildman–Crippen MR) is 143 cm³/mol. The van der Waals surface area contributed by atoms with Crippen LogP contribution in [0.3, 0.4) is 0 Å². The molecule has 0 aliphatic heterocycles. The number of nitrogen functional groups attached to an aromatic ring is 1. The van der Waals surface area contributed by atoms with Gasteiger partial charge in [0.2, 0.25) is 5.95 Å². The molecule has 0 spiro atoms. The Labute approximate surface area is 212 Å². The molecule has 0 aliphatic carbocycles. The van der Waals surface area contributed by atoms with Gasteiger partial charge in [-0.05, 0) is 35.2 Å². The van der Waals surface area contributed by atoms with Gasteiger partial charge in [-0.25, -0.2) is 4.98 Å². The summed E-state index contributed by atoms with van der Waals surface area (Å²) < 4.78 is 7.07. The van der Waals surface area contributed by atoms with Gasteiger partial charge in [0, 0.05) is 36.1 Å². The van der Waals surface area contributed by atoms with E-state index < -0.39 is 0 Å². The Kier molecular flexibility index (Phi) is 6.46. The lowest BCUT2D eigenvalue weighted by Gasteiger charge is -2.17. The minimum atomic E-state index is -0.138. The van der Waals surface area contributed by atoms with Gasteiger partial charge in [0.1, 0.15) is 23.2 Å². The lowest BCUT2D eigenvalue weighted by Crippen LogP contribution is -2.24. The van der Waals surface area contributed by atoms with E-state index in [2.05, 4.69) is 26.3 Å². The predicted octanol–water partition coefficient (Wildman–Crippen LogP) is 3.96. The highest BCUT2D eigenvalue weighted by atomic mass is 16.5. The average Bonchev–Trinajstić information content (AvgIpc) is 2.93. The number of aromatic nitrogens is 4. The zero-order valence-corrected chi connectivity index (χ0v) is 20.0. The molecule has 0 fully saturated rings. The van der Waals surface area contributed by atoms with E-state index in [9.17, 15) is 10.1 Å². The Bertz CT molecular complexity index is 1690. The summed E-state index contributed by atoms with van der Waals surface area (Å²) in [6.45, 7) is 0.419. The van der Waals surface area contributed by atoms with E-state index in [0.717, 1.165) is 27.9 Å². The third-order valence-corrected chi connectivity index (χ3v) is 6.00. The maximum Gasteiger partial charge on any atom is 0.263 e. The molecule has 3 N–H and O–H groups in total. The summed E-state index contributed by atoms with van der Waals surface area (Å²) in [5, 5.41) is 13.9. The zero-order chi connectivity index (χ0) is 25.8. The first kappa shape index (κ1) is 23.5. The normalized spacial score (nSPS) is 10.7. The highest BCUT2D eigenvalue weighted by molar-refractivity contribution is 5.96. The first-order chi connectivity index (χ1) is 18.1. The smallest absolute Gasteiger partial charge is 0.263 e. The van der Waals surface area contributed by atoms with Crippen molar-refractivity contribution in [3.05, 3.63) is 101 Å². The first-order valence-corrected chi connectivity index (χ1v) is 11.6. The second kappa shape index (κ2) is 10.2. The molecular weight excluding hydrogens is 466 g/mol. The summed E-state index contributed by atoms with van der Waals surface area (Å²) in [4.78, 5) is 26.4. The SMILES string of the molecule is COc1cncc(-c2cccc3cc(CCNc4nc(N)ncc4C#N)n(-c4ccccc4)c(=O)c23)c1. The minimum absolute atomic E-state index is 0.0768. The van der Waals surface area contributed by atoms with Gasteiger partial charge in [-0.15, -0.1) is 0 Å². The standard InChI is InChI=1S/C28H23N7O2/c1-37-23-13-19(15-31-17-23)24-9-5-6-18-12-22(10-11-32-26-20(14-29)16-33-28(30)34-26)35(27(36)25(18)24)21-7-3-2-4-8-21/h2-9,12-13,15-17H,10-11H2,1H3,(H3,30,32,33,34). The number of fused-ring (bicyclic) bond motifs is 1. The lowest BCUT2D eigenvalue weighted by molar-refractivity contribution is 0.413. The van der Waals surface area contributed by atoms with Gasteiger partial charge in [0.25, 0.3) is 5.56 Å². The molecule has 5 aromatic rings. The quantitative estimate of drug-likeness (QED) is 0.351. The van der Waals surface area contributed by atoms with Crippen LogP contribution in [0.25, 0.3) is 27.6 Å². The number of nitriles is 1. The number of para-hydroxylation sites is 1. The molecule has 0 bridgehead atoms. The molecule has 0 saturated carbocycles. The molecule has 0 aliphatic rings. The van der Waals surface area contributed by atoms with E-state index in [1.165, 1.54) is 6.20 Å². The maximum atomic E-state index is 14.1. The molecule has 3 heterocycles. The first-order valence-electron chi connectivity index (χ1n) is 11.6. The van der Waals surface area contributed by atoms with Crippen LogP contribution < -0.4 is 21.3 Å². The highest BCUT2D eigenvalue weighted by Gasteiger charge is 2.16. The fourth-order valence-electron chi connectivity index (χ4n) is 4.30. The van der Waals surface area contributed by atoms with Crippen LogP contribution in [0.15, 0.2) is 84.0 Å². The van der Waals surface area contributed by atoms with E-state index in [0.29, 0.717) is 35.5 Å². The van der Waals surface area contributed by atoms with Crippen LogP contribution in [-0.4, -0.2) is 33.2 Å². The summed E-state index contributed by atoms with van der Waals surface area (Å²) >= 11 is 0. The van der Waals surface area contributed by atoms with Crippen molar-refractivity contribution < 1.29 is 4.74 Å². The van der Waals surface area contributed by atoms with Crippen molar-refractivity contribution in [3.8, 4) is 28.6 Å². The molecule has 9 heteroatoms. The molecule has 0 radical (unpaired) electrons. The third kappa shape index (κ3) is 4.68. The Hall–Kier alpha value is -5.23. The molecule has 3 aromatic heterocycles. The van der Waals surface area contributed by atoms with Crippen molar-refractivity contribution in [2.24, 2.45) is 0 Å². The largest absolute Gasteiger partial charge is 0.495 e. The monoisotopic (exact) mass is 489 g/mol. The summed E-state index contributed by atoms with van der Waals surface area (Å²) in [6.07, 6.45) is 5.22. The number of nitrogens with one attached hydrogen (secondary N) is 1. The number of methoxy groups -OCH3 is 1. The molecule has 182 valence electrons. The zero-order valence-electron chi connectivity index (χ0n) is 20.0. The molecule has 0 atom stereocenters. The number of nitrogens with two attached hydrogens (primary N) is 1. The molecule has 0 unspecified atom stereocenters. The van der Waals surface area contributed by atoms with Crippen molar-refractivity contribution in [3.63, 3.8) is 0 Å². The van der Waals surface area contributed by atoms with E-state index in [1.807, 2.05) is 60.7 Å². The van der Waals surface area contributed by atoms with E-state index in [-0.39, 0.29) is 11.5 Å². The van der Waals surface area contributed by atoms with Gasteiger partial charge in [-0.3, -0.25) is 14.3 Å². The number of ether oxygens (including phenoxy) is 1. The number of hydrogen-bond acceptors (Lipinski definition) is 8. The molecule has 5 rings (SSSR count). The molecule has 37 heavy (non-hydrogen) atoms. The van der Waals surface area contributed by atoms with Crippen molar-refractivity contribution in [2.75, 3.05) is 24.7 Å². The van der Waals surface area contributed by atoms with Gasteiger partial charge in [-0.2, -0.15) is 10.2 Å². The van der Waals surface area contributed by atoms with Crippen LogP contribution in [0, 0.1) is 11.3 Å². The van der Waals surface area contributed by atoms with Crippen molar-refractivity contribution >= 4 is 22.5 Å². The molecule has 2 aromatic carbocycles. The number of hydrogen-bond donors (Lipinski definition) is 2. The Balaban J connectivity index is 1.61. The van der Waals surface area contributed by atoms with E-state index >= 15 is 0 Å². The fourth-order valence-corrected chi connectivity index (χ4v) is 4.30. The Morgan fingerprint density at radius 1 is 1.08 bits per heavy atom. The molecule has 0 saturated heterocycles. The maximum absolute atomic E-state index is 14.1. The van der Waals surface area contributed by atoms with E-state index in [1.54, 1.807) is 24.1 Å². The topological polar surface area (TPSA) is 132 Å². The number of nitrogens with zero attached hydrogens (tertiary/aromatic N) is 5. The van der Waals surface area contributed by atoms with Crippen molar-refractivity contribution in [1.29, 1.82) is 5.26 Å². The van der Waals surface area contributed by atoms with Gasteiger partial charge >= 0.3 is 0 Å². The fraction of sp³-hybridized carbons (Fsp3) is 0.107. The second-order valence-electron chi connectivity index (χ2n) is 8.27. The summed E-state index contributed by atoms with van der Waals surface area (Å²) in [6, 6.07) is 21.2. The Morgan fingerprint density at radius 3 is 2.70 bits per heavy atom. The van der Waals surface area contributed by atoms with Crippen LogP contribution in [0.2, 0.25) is 0 Å². The number of rotatable bonds is 7. The minimum Gasteiger partial charge on any atom is -0.495 e. The number of benzene rings is 2.